The van der Waals surface area contributed by atoms with Crippen molar-refractivity contribution < 1.29 is 22.4 Å². The summed E-state index contributed by atoms with van der Waals surface area (Å²) in [6, 6.07) is 7.73. The molecule has 4 rings (SSSR count). The lowest BCUT2D eigenvalue weighted by Crippen LogP contribution is -2.56. The van der Waals surface area contributed by atoms with Crippen LogP contribution in [0.25, 0.3) is 10.9 Å². The first-order chi connectivity index (χ1) is 17.5. The van der Waals surface area contributed by atoms with Crippen molar-refractivity contribution >= 4 is 38.6 Å². The van der Waals surface area contributed by atoms with Crippen LogP contribution in [0, 0.1) is 18.7 Å². The Morgan fingerprint density at radius 3 is 2.38 bits per heavy atom. The number of alkyl halides is 2. The maximum atomic E-state index is 15.2. The number of aromatic amines is 1. The summed E-state index contributed by atoms with van der Waals surface area (Å²) in [5, 5.41) is 1.22. The first kappa shape index (κ1) is 28.4. The molecule has 0 spiro atoms. The third-order valence-electron chi connectivity index (χ3n) is 6.05. The van der Waals surface area contributed by atoms with Gasteiger partial charge in [-0.05, 0) is 43.1 Å². The molecule has 4 radical (unpaired) electrons. The fourth-order valence-electron chi connectivity index (χ4n) is 4.04. The predicted molar refractivity (Wildman–Crippen MR) is 136 cm³/mol. The number of nitrogens with one attached hydrogen (secondary N) is 2. The Morgan fingerprint density at radius 2 is 1.84 bits per heavy atom. The van der Waals surface area contributed by atoms with Crippen LogP contribution in [0.2, 0.25) is 0 Å². The molecule has 3 heterocycles. The van der Waals surface area contributed by atoms with Crippen molar-refractivity contribution in [2.75, 3.05) is 44.7 Å². The quantitative estimate of drug-likeness (QED) is 0.228. The second-order valence-corrected chi connectivity index (χ2v) is 8.58. The Labute approximate surface area is 214 Å². The van der Waals surface area contributed by atoms with Crippen molar-refractivity contribution in [2.24, 2.45) is 0 Å². The molecule has 37 heavy (non-hydrogen) atoms. The summed E-state index contributed by atoms with van der Waals surface area (Å²) in [4.78, 5) is 32.3. The number of carbonyl (C=O) groups is 1. The zero-order chi connectivity index (χ0) is 27.3. The minimum Gasteiger partial charge on any atom is -0.365 e. The number of hydrogen-bond donors (Lipinski definition) is 2. The first-order valence-corrected chi connectivity index (χ1v) is 11.4. The Bertz CT molecular complexity index is 1310. The van der Waals surface area contributed by atoms with Gasteiger partial charge in [-0.25, -0.2) is 18.2 Å². The van der Waals surface area contributed by atoms with Gasteiger partial charge in [0.25, 0.3) is 12.0 Å². The van der Waals surface area contributed by atoms with E-state index in [1.807, 2.05) is 0 Å². The SMILES string of the molecule is CNCC(F)F.[B]C([B])(c1ccc2cc(C)c(=O)[nH]c2c1F)N1CCN(c2ccc(C=O)nc2F)CC1. The van der Waals surface area contributed by atoms with Gasteiger partial charge in [-0.15, -0.1) is 0 Å². The zero-order valence-corrected chi connectivity index (χ0v) is 20.4. The number of halogens is 4. The standard InChI is InChI=1S/C21H18B2F2N4O2.C3H7F2N/c1-12-10-13-2-4-15(17(24)18(13)27-20(12)31)21(22,23)29-8-6-28(7-9-29)16-5-3-14(11-30)26-19(16)25;1-6-2-3(4)5/h2-5,10-11H,6-9H2,1H3,(H,27,31);3,6H,2H2,1H3. The number of hydrogen-bond acceptors (Lipinski definition) is 6. The number of fused-ring (bicyclic) bond motifs is 1. The van der Waals surface area contributed by atoms with E-state index in [-0.39, 0.29) is 34.6 Å². The minimum atomic E-state index is -2.21. The average molecular weight is 513 g/mol. The number of aromatic nitrogens is 2. The summed E-state index contributed by atoms with van der Waals surface area (Å²) < 4.78 is 51.4. The van der Waals surface area contributed by atoms with E-state index in [0.717, 1.165) is 0 Å². The Morgan fingerprint density at radius 1 is 1.16 bits per heavy atom. The number of rotatable bonds is 6. The molecule has 3 aromatic rings. The third kappa shape index (κ3) is 6.39. The fourth-order valence-corrected chi connectivity index (χ4v) is 4.04. The topological polar surface area (TPSA) is 81.3 Å². The Hall–Kier alpha value is -3.18. The Balaban J connectivity index is 0.000000568. The summed E-state index contributed by atoms with van der Waals surface area (Å²) >= 11 is 0. The van der Waals surface area contributed by atoms with Crippen LogP contribution >= 0.6 is 0 Å². The highest BCUT2D eigenvalue weighted by Crippen LogP contribution is 2.30. The van der Waals surface area contributed by atoms with E-state index in [2.05, 4.69) is 15.3 Å². The first-order valence-electron chi connectivity index (χ1n) is 11.4. The van der Waals surface area contributed by atoms with Gasteiger partial charge in [-0.1, -0.05) is 12.1 Å². The second kappa shape index (κ2) is 11.9. The lowest BCUT2D eigenvalue weighted by Gasteiger charge is -2.46. The number of H-pyrrole nitrogens is 1. The maximum Gasteiger partial charge on any atom is 0.251 e. The van der Waals surface area contributed by atoms with Gasteiger partial charge in [-0.2, -0.15) is 4.39 Å². The molecular formula is C24H25B2F4N5O2. The summed E-state index contributed by atoms with van der Waals surface area (Å²) in [7, 11) is 14.2. The summed E-state index contributed by atoms with van der Waals surface area (Å²) in [6.45, 7) is 2.86. The van der Waals surface area contributed by atoms with Crippen LogP contribution in [0.15, 0.2) is 35.1 Å². The van der Waals surface area contributed by atoms with Crippen molar-refractivity contribution in [1.82, 2.24) is 20.2 Å². The number of pyridine rings is 2. The molecule has 0 saturated carbocycles. The van der Waals surface area contributed by atoms with Crippen molar-refractivity contribution in [1.29, 1.82) is 0 Å². The normalized spacial score (nSPS) is 14.5. The highest BCUT2D eigenvalue weighted by Gasteiger charge is 2.33. The number of benzene rings is 1. The molecule has 1 aromatic carbocycles. The van der Waals surface area contributed by atoms with Gasteiger partial charge in [0.2, 0.25) is 5.95 Å². The summed E-state index contributed by atoms with van der Waals surface area (Å²) in [5.41, 5.74) is 0.489. The highest BCUT2D eigenvalue weighted by atomic mass is 19.3. The molecule has 1 aliphatic heterocycles. The van der Waals surface area contributed by atoms with Crippen LogP contribution < -0.4 is 15.8 Å². The van der Waals surface area contributed by atoms with Crippen LogP contribution in [0.1, 0.15) is 21.6 Å². The highest BCUT2D eigenvalue weighted by molar-refractivity contribution is 6.39. The van der Waals surface area contributed by atoms with E-state index in [9.17, 15) is 22.8 Å². The van der Waals surface area contributed by atoms with Gasteiger partial charge in [-0.3, -0.25) is 9.59 Å². The number of nitrogens with zero attached hydrogens (tertiary/aromatic N) is 3. The predicted octanol–water partition coefficient (Wildman–Crippen LogP) is 2.06. The van der Waals surface area contributed by atoms with Crippen LogP contribution in [0.3, 0.4) is 0 Å². The molecule has 192 valence electrons. The zero-order valence-electron chi connectivity index (χ0n) is 20.4. The third-order valence-corrected chi connectivity index (χ3v) is 6.05. The van der Waals surface area contributed by atoms with E-state index in [1.54, 1.807) is 28.9 Å². The van der Waals surface area contributed by atoms with Crippen molar-refractivity contribution in [3.63, 3.8) is 0 Å². The van der Waals surface area contributed by atoms with Crippen molar-refractivity contribution in [3.8, 4) is 0 Å². The van der Waals surface area contributed by atoms with Crippen molar-refractivity contribution in [2.45, 2.75) is 18.7 Å². The largest absolute Gasteiger partial charge is 0.365 e. The molecule has 0 bridgehead atoms. The van der Waals surface area contributed by atoms with E-state index < -0.39 is 23.5 Å². The van der Waals surface area contributed by atoms with E-state index in [1.165, 1.54) is 25.2 Å². The second-order valence-electron chi connectivity index (χ2n) is 8.58. The van der Waals surface area contributed by atoms with Crippen LogP contribution in [-0.4, -0.2) is 83.0 Å². The molecule has 1 aliphatic rings. The monoisotopic (exact) mass is 513 g/mol. The van der Waals surface area contributed by atoms with Crippen molar-refractivity contribution in [3.05, 3.63) is 69.3 Å². The number of carbonyl (C=O) groups excluding carboxylic acids is 1. The molecule has 1 saturated heterocycles. The number of aldehydes is 1. The van der Waals surface area contributed by atoms with E-state index in [0.29, 0.717) is 43.4 Å². The van der Waals surface area contributed by atoms with Crippen LogP contribution in [0.4, 0.5) is 23.2 Å². The van der Waals surface area contributed by atoms with Gasteiger partial charge in [0, 0.05) is 37.1 Å². The molecule has 0 atom stereocenters. The van der Waals surface area contributed by atoms with Gasteiger partial charge in [0.05, 0.1) is 33.4 Å². The van der Waals surface area contributed by atoms with Gasteiger partial charge in [0.15, 0.2) is 12.1 Å². The van der Waals surface area contributed by atoms with Gasteiger partial charge in [0.1, 0.15) is 5.69 Å². The smallest absolute Gasteiger partial charge is 0.251 e. The number of aryl methyl sites for hydroxylation is 1. The van der Waals surface area contributed by atoms with Crippen LogP contribution in [0.5, 0.6) is 0 Å². The molecule has 1 fully saturated rings. The molecule has 13 heteroatoms. The molecule has 0 unspecified atom stereocenters. The summed E-state index contributed by atoms with van der Waals surface area (Å²) in [6.07, 6.45) is -1.73. The van der Waals surface area contributed by atoms with E-state index >= 15 is 4.39 Å². The van der Waals surface area contributed by atoms with E-state index in [4.69, 9.17) is 15.7 Å². The summed E-state index contributed by atoms with van der Waals surface area (Å²) in [5.74, 6) is -1.41. The molecule has 2 N–H and O–H groups in total. The van der Waals surface area contributed by atoms with Gasteiger partial charge >= 0.3 is 0 Å². The lowest BCUT2D eigenvalue weighted by atomic mass is 9.56. The average Bonchev–Trinajstić information content (AvgIpc) is 2.85. The minimum absolute atomic E-state index is 0.0165. The molecule has 0 amide bonds. The van der Waals surface area contributed by atoms with Crippen LogP contribution in [-0.2, 0) is 5.34 Å². The molecule has 0 aliphatic carbocycles. The maximum absolute atomic E-state index is 15.2. The van der Waals surface area contributed by atoms with Gasteiger partial charge < -0.3 is 20.1 Å². The molecule has 7 nitrogen and oxygen atoms in total. The fraction of sp³-hybridized carbons (Fsp3) is 0.375. The number of piperazine rings is 1. The lowest BCUT2D eigenvalue weighted by molar-refractivity contribution is 0.111. The molecule has 2 aromatic heterocycles. The molecular weight excluding hydrogens is 488 g/mol. The Kier molecular flexibility index (Phi) is 9.14. The number of anilines is 1.